The summed E-state index contributed by atoms with van der Waals surface area (Å²) in [5.74, 6) is 0. The predicted octanol–water partition coefficient (Wildman–Crippen LogP) is 4.35. The normalized spacial score (nSPS) is 16.9. The van der Waals surface area contributed by atoms with Gasteiger partial charge in [0, 0.05) is 5.67 Å². The molecule has 1 aliphatic heterocycles. The molecule has 0 saturated carbocycles. The maximum Gasteiger partial charge on any atom is 0.387 e. The highest BCUT2D eigenvalue weighted by atomic mass is 28.5. The lowest BCUT2D eigenvalue weighted by molar-refractivity contribution is 0.402. The molecule has 0 amide bonds. The molecule has 0 unspecified atom stereocenters. The van der Waals surface area contributed by atoms with Gasteiger partial charge in [0.25, 0.3) is 0 Å². The smallest absolute Gasteiger partial charge is 0.387 e. The summed E-state index contributed by atoms with van der Waals surface area (Å²) in [6.45, 7) is 0. The summed E-state index contributed by atoms with van der Waals surface area (Å²) < 4.78 is 16.0. The second kappa shape index (κ2) is 11.3. The van der Waals surface area contributed by atoms with Gasteiger partial charge in [0.05, 0.1) is 0 Å². The van der Waals surface area contributed by atoms with Crippen LogP contribution in [0.25, 0.3) is 0 Å². The van der Waals surface area contributed by atoms with E-state index >= 15 is 0 Å². The van der Waals surface area contributed by atoms with Gasteiger partial charge in [-0.15, -0.1) is 0 Å². The molecule has 0 bridgehead atoms. The fourth-order valence-electron chi connectivity index (χ4n) is 6.46. The van der Waals surface area contributed by atoms with E-state index in [-0.39, 0.29) is 0 Å². The first-order valence-corrected chi connectivity index (χ1v) is 20.5. The van der Waals surface area contributed by atoms with E-state index in [9.17, 15) is 0 Å². The summed E-state index contributed by atoms with van der Waals surface area (Å²) in [4.78, 5) is 0. The van der Waals surface area contributed by atoms with Gasteiger partial charge in [-0.25, -0.2) is 0 Å². The zero-order valence-electron chi connectivity index (χ0n) is 23.3. The molecule has 5 heteroatoms. The van der Waals surface area contributed by atoms with Gasteiger partial charge >= 0.3 is 8.56 Å². The van der Waals surface area contributed by atoms with E-state index in [0.29, 0.717) is 0 Å². The molecular weight excluding hydrogens is 561 g/mol. The van der Waals surface area contributed by atoms with Crippen LogP contribution < -0.4 is 31.1 Å². The Balaban J connectivity index is 1.64. The van der Waals surface area contributed by atoms with Gasteiger partial charge in [-0.05, 0) is 31.1 Å². The van der Waals surface area contributed by atoms with E-state index < -0.39 is 25.2 Å². The first-order chi connectivity index (χ1) is 20.8. The van der Waals surface area contributed by atoms with Crippen LogP contribution in [0.15, 0.2) is 182 Å². The Kier molecular flexibility index (Phi) is 7.19. The summed E-state index contributed by atoms with van der Waals surface area (Å²) in [6.07, 6.45) is 0. The summed E-state index contributed by atoms with van der Waals surface area (Å²) in [6, 6.07) is 65.5. The third-order valence-electron chi connectivity index (χ3n) is 8.40. The Morgan fingerprint density at radius 1 is 0.286 bits per heavy atom. The van der Waals surface area contributed by atoms with Gasteiger partial charge in [0.2, 0.25) is 16.6 Å². The van der Waals surface area contributed by atoms with Crippen LogP contribution in [0.4, 0.5) is 0 Å². The van der Waals surface area contributed by atoms with Gasteiger partial charge in [0.15, 0.2) is 0 Å². The molecule has 1 heterocycles. The molecule has 7 rings (SSSR count). The maximum atomic E-state index is 7.99. The van der Waals surface area contributed by atoms with Crippen LogP contribution in [0.5, 0.6) is 0 Å². The molecular formula is C37H32O2Si3. The Hall–Kier alpha value is -4.11. The maximum absolute atomic E-state index is 7.99. The summed E-state index contributed by atoms with van der Waals surface area (Å²) in [5.41, 5.74) is 0.844. The Morgan fingerprint density at radius 3 is 0.738 bits per heavy atom. The lowest BCUT2D eigenvalue weighted by Gasteiger charge is -2.54. The summed E-state index contributed by atoms with van der Waals surface area (Å²) in [7, 11) is -9.19. The predicted molar refractivity (Wildman–Crippen MR) is 181 cm³/mol. The first kappa shape index (κ1) is 26.8. The van der Waals surface area contributed by atoms with E-state index in [0.717, 1.165) is 16.0 Å². The zero-order valence-corrected chi connectivity index (χ0v) is 26.3. The lowest BCUT2D eigenvalue weighted by atomic mass is 10.4. The highest BCUT2D eigenvalue weighted by molar-refractivity contribution is 7.21. The molecule has 1 fully saturated rings. The number of rotatable bonds is 6. The van der Waals surface area contributed by atoms with Gasteiger partial charge in [-0.3, -0.25) is 0 Å². The van der Waals surface area contributed by atoms with Crippen molar-refractivity contribution in [1.82, 2.24) is 0 Å². The molecule has 1 saturated heterocycles. The second-order valence-electron chi connectivity index (χ2n) is 10.8. The Labute approximate surface area is 251 Å². The molecule has 0 atom stereocenters. The Bertz CT molecular complexity index is 1390. The van der Waals surface area contributed by atoms with Crippen molar-refractivity contribution < 1.29 is 8.23 Å². The van der Waals surface area contributed by atoms with Crippen molar-refractivity contribution in [3.8, 4) is 0 Å². The van der Waals surface area contributed by atoms with Crippen LogP contribution >= 0.6 is 0 Å². The van der Waals surface area contributed by atoms with E-state index in [2.05, 4.69) is 182 Å². The molecule has 1 aliphatic rings. The van der Waals surface area contributed by atoms with Crippen molar-refractivity contribution in [2.45, 2.75) is 5.67 Å². The third kappa shape index (κ3) is 4.56. The van der Waals surface area contributed by atoms with Crippen LogP contribution in [0.2, 0.25) is 5.67 Å². The van der Waals surface area contributed by atoms with Crippen LogP contribution in [0.3, 0.4) is 0 Å². The molecule has 0 radical (unpaired) electrons. The number of benzene rings is 6. The second-order valence-corrected chi connectivity index (χ2v) is 21.9. The molecule has 2 nitrogen and oxygen atoms in total. The molecule has 6 aromatic carbocycles. The van der Waals surface area contributed by atoms with Crippen molar-refractivity contribution in [3.05, 3.63) is 182 Å². The van der Waals surface area contributed by atoms with Crippen molar-refractivity contribution in [2.75, 3.05) is 0 Å². The molecule has 0 aromatic heterocycles. The average Bonchev–Trinajstić information content (AvgIpc) is 3.10. The van der Waals surface area contributed by atoms with Crippen molar-refractivity contribution in [3.63, 3.8) is 0 Å². The zero-order chi connectivity index (χ0) is 28.3. The SMILES string of the molecule is c1ccc([Si]2(c3ccccc3)C[Si](c3ccccc3)(c3ccccc3)O[Si](c3ccccc3)(c3ccccc3)O2)cc1. The Morgan fingerprint density at radius 2 is 0.500 bits per heavy atom. The van der Waals surface area contributed by atoms with Gasteiger partial charge in [-0.1, -0.05) is 182 Å². The van der Waals surface area contributed by atoms with E-state index in [1.54, 1.807) is 0 Å². The molecule has 42 heavy (non-hydrogen) atoms. The monoisotopic (exact) mass is 592 g/mol. The van der Waals surface area contributed by atoms with Crippen LogP contribution in [-0.4, -0.2) is 25.2 Å². The van der Waals surface area contributed by atoms with Crippen LogP contribution in [0.1, 0.15) is 0 Å². The standard InChI is InChI=1S/C37H32O2Si3/c1-7-19-32(20-8-1)40(33-21-9-2-10-22-33)31-41(34-23-11-3-12-24-34,35-25-13-4-14-26-35)39-42(38-40,36-27-15-5-16-28-36)37-29-17-6-18-30-37/h1-30H,31H2. The summed E-state index contributed by atoms with van der Waals surface area (Å²) >= 11 is 0. The number of hydrogen-bond donors (Lipinski definition) is 0. The quantitative estimate of drug-likeness (QED) is 0.268. The fraction of sp³-hybridized carbons (Fsp3) is 0.0270. The number of hydrogen-bond acceptors (Lipinski definition) is 2. The summed E-state index contributed by atoms with van der Waals surface area (Å²) in [5, 5.41) is 7.42. The minimum Gasteiger partial charge on any atom is -0.422 e. The van der Waals surface area contributed by atoms with Crippen molar-refractivity contribution in [1.29, 1.82) is 0 Å². The largest absolute Gasteiger partial charge is 0.422 e. The minimum absolute atomic E-state index is 0.844. The topological polar surface area (TPSA) is 18.5 Å². The lowest BCUT2D eigenvalue weighted by Crippen LogP contribution is -2.86. The molecule has 0 N–H and O–H groups in total. The van der Waals surface area contributed by atoms with E-state index in [4.69, 9.17) is 8.23 Å². The van der Waals surface area contributed by atoms with E-state index in [1.165, 1.54) is 20.7 Å². The van der Waals surface area contributed by atoms with Gasteiger partial charge in [-0.2, -0.15) is 0 Å². The van der Waals surface area contributed by atoms with Gasteiger partial charge in [0.1, 0.15) is 0 Å². The van der Waals surface area contributed by atoms with Gasteiger partial charge < -0.3 is 8.23 Å². The van der Waals surface area contributed by atoms with Crippen LogP contribution in [0, 0.1) is 0 Å². The highest BCUT2D eigenvalue weighted by Gasteiger charge is 2.65. The molecule has 204 valence electrons. The molecule has 6 aromatic rings. The third-order valence-corrected chi connectivity index (χ3v) is 24.7. The van der Waals surface area contributed by atoms with Crippen molar-refractivity contribution in [2.24, 2.45) is 0 Å². The fourth-order valence-corrected chi connectivity index (χ4v) is 27.8. The van der Waals surface area contributed by atoms with E-state index in [1.807, 2.05) is 0 Å². The van der Waals surface area contributed by atoms with Crippen molar-refractivity contribution >= 4 is 56.3 Å². The minimum atomic E-state index is -3.31. The average molecular weight is 593 g/mol. The first-order valence-electron chi connectivity index (χ1n) is 14.5. The van der Waals surface area contributed by atoms with Crippen LogP contribution in [-0.2, 0) is 8.23 Å². The molecule has 0 aliphatic carbocycles. The highest BCUT2D eigenvalue weighted by Crippen LogP contribution is 2.34. The molecule has 0 spiro atoms.